The molecule has 1 saturated heterocycles. The van der Waals surface area contributed by atoms with Gasteiger partial charge in [0.25, 0.3) is 0 Å². The molecule has 0 bridgehead atoms. The Morgan fingerprint density at radius 2 is 1.89 bits per heavy atom. The molecule has 0 unspecified atom stereocenters. The third-order valence-electron chi connectivity index (χ3n) is 5.45. The summed E-state index contributed by atoms with van der Waals surface area (Å²) in [7, 11) is 0. The number of rotatable bonds is 2. The second-order valence-corrected chi connectivity index (χ2v) is 7.13. The maximum absolute atomic E-state index is 14.0. The molecule has 2 aromatic heterocycles. The number of halogens is 2. The Morgan fingerprint density at radius 1 is 1.07 bits per heavy atom. The highest BCUT2D eigenvalue weighted by Gasteiger charge is 2.29. The number of hydrogen-bond acceptors (Lipinski definition) is 3. The van der Waals surface area contributed by atoms with E-state index in [-0.39, 0.29) is 5.92 Å². The third-order valence-corrected chi connectivity index (χ3v) is 5.45. The van der Waals surface area contributed by atoms with Crippen molar-refractivity contribution < 1.29 is 18.2 Å². The third kappa shape index (κ3) is 2.70. The SMILES string of the molecule is [O-][n+]1cc2cc3[nH]ncc3cc2c(-c2ccc(F)c(F)c2)c1C1CCOCC1. The zero-order valence-electron chi connectivity index (χ0n) is 14.9. The summed E-state index contributed by atoms with van der Waals surface area (Å²) in [5.74, 6) is -1.86. The van der Waals surface area contributed by atoms with Crippen LogP contribution in [-0.2, 0) is 4.74 Å². The Labute approximate surface area is 159 Å². The summed E-state index contributed by atoms with van der Waals surface area (Å²) in [6.45, 7) is 1.14. The fourth-order valence-corrected chi connectivity index (χ4v) is 4.09. The summed E-state index contributed by atoms with van der Waals surface area (Å²) in [4.78, 5) is 0. The molecule has 2 aromatic carbocycles. The Bertz CT molecular complexity index is 1200. The number of H-pyrrole nitrogens is 1. The lowest BCUT2D eigenvalue weighted by atomic mass is 9.87. The van der Waals surface area contributed by atoms with Gasteiger partial charge in [0.1, 0.15) is 0 Å². The van der Waals surface area contributed by atoms with E-state index in [2.05, 4.69) is 10.2 Å². The molecule has 0 aliphatic carbocycles. The summed E-state index contributed by atoms with van der Waals surface area (Å²) >= 11 is 0. The summed E-state index contributed by atoms with van der Waals surface area (Å²) in [5.41, 5.74) is 2.51. The molecule has 5 nitrogen and oxygen atoms in total. The molecule has 1 aliphatic rings. The van der Waals surface area contributed by atoms with E-state index in [9.17, 15) is 14.0 Å². The van der Waals surface area contributed by atoms with E-state index in [1.807, 2.05) is 12.1 Å². The van der Waals surface area contributed by atoms with E-state index in [0.29, 0.717) is 48.3 Å². The van der Waals surface area contributed by atoms with Crippen molar-refractivity contribution in [2.24, 2.45) is 0 Å². The fourth-order valence-electron chi connectivity index (χ4n) is 4.09. The molecule has 7 heteroatoms. The average Bonchev–Trinajstić information content (AvgIpc) is 3.15. The van der Waals surface area contributed by atoms with Crippen molar-refractivity contribution in [3.8, 4) is 11.1 Å². The van der Waals surface area contributed by atoms with Crippen LogP contribution in [-0.4, -0.2) is 23.4 Å². The zero-order valence-corrected chi connectivity index (χ0v) is 14.9. The van der Waals surface area contributed by atoms with E-state index < -0.39 is 11.6 Å². The van der Waals surface area contributed by atoms with Crippen molar-refractivity contribution in [3.63, 3.8) is 0 Å². The number of aromatic amines is 1. The smallest absolute Gasteiger partial charge is 0.204 e. The molecule has 142 valence electrons. The lowest BCUT2D eigenvalue weighted by Crippen LogP contribution is -2.36. The Morgan fingerprint density at radius 3 is 2.68 bits per heavy atom. The van der Waals surface area contributed by atoms with Gasteiger partial charge in [0.15, 0.2) is 17.8 Å². The van der Waals surface area contributed by atoms with Gasteiger partial charge in [0, 0.05) is 29.4 Å². The highest BCUT2D eigenvalue weighted by molar-refractivity contribution is 6.03. The van der Waals surface area contributed by atoms with Gasteiger partial charge < -0.3 is 9.94 Å². The van der Waals surface area contributed by atoms with Crippen LogP contribution in [0.2, 0.25) is 0 Å². The number of nitrogens with zero attached hydrogens (tertiary/aromatic N) is 2. The molecule has 0 atom stereocenters. The number of pyridine rings is 1. The van der Waals surface area contributed by atoms with Gasteiger partial charge in [0.2, 0.25) is 5.69 Å². The van der Waals surface area contributed by atoms with Crippen LogP contribution < -0.4 is 4.73 Å². The average molecular weight is 381 g/mol. The first-order valence-electron chi connectivity index (χ1n) is 9.18. The zero-order chi connectivity index (χ0) is 19.3. The molecule has 4 aromatic rings. The van der Waals surface area contributed by atoms with Crippen LogP contribution in [0.1, 0.15) is 24.5 Å². The van der Waals surface area contributed by atoms with Gasteiger partial charge in [-0.15, -0.1) is 0 Å². The molecule has 1 N–H and O–H groups in total. The predicted octanol–water partition coefficient (Wildman–Crippen LogP) is 4.19. The number of fused-ring (bicyclic) bond motifs is 2. The quantitative estimate of drug-likeness (QED) is 0.418. The number of ether oxygens (including phenoxy) is 1. The van der Waals surface area contributed by atoms with E-state index >= 15 is 0 Å². The van der Waals surface area contributed by atoms with Gasteiger partial charge in [-0.3, -0.25) is 5.10 Å². The second-order valence-electron chi connectivity index (χ2n) is 7.13. The summed E-state index contributed by atoms with van der Waals surface area (Å²) in [5, 5.41) is 22.4. The first kappa shape index (κ1) is 17.1. The van der Waals surface area contributed by atoms with E-state index in [1.165, 1.54) is 6.07 Å². The lowest BCUT2D eigenvalue weighted by molar-refractivity contribution is -0.613. The largest absolute Gasteiger partial charge is 0.618 e. The molecule has 0 saturated carbocycles. The summed E-state index contributed by atoms with van der Waals surface area (Å²) in [6, 6.07) is 7.57. The molecule has 0 amide bonds. The minimum absolute atomic E-state index is 0.0150. The van der Waals surface area contributed by atoms with Crippen molar-refractivity contribution in [1.82, 2.24) is 10.2 Å². The van der Waals surface area contributed by atoms with Crippen LogP contribution in [0.4, 0.5) is 8.78 Å². The van der Waals surface area contributed by atoms with Gasteiger partial charge in [0.05, 0.1) is 23.2 Å². The number of hydrogen-bond donors (Lipinski definition) is 1. The number of aromatic nitrogens is 3. The lowest BCUT2D eigenvalue weighted by Gasteiger charge is -2.24. The van der Waals surface area contributed by atoms with E-state index in [1.54, 1.807) is 12.4 Å². The van der Waals surface area contributed by atoms with Gasteiger partial charge in [-0.1, -0.05) is 6.07 Å². The van der Waals surface area contributed by atoms with Crippen LogP contribution in [0.5, 0.6) is 0 Å². The Hall–Kier alpha value is -3.06. The van der Waals surface area contributed by atoms with Gasteiger partial charge in [-0.05, 0) is 42.7 Å². The maximum Gasteiger partial charge on any atom is 0.204 e. The van der Waals surface area contributed by atoms with Crippen LogP contribution >= 0.6 is 0 Å². The van der Waals surface area contributed by atoms with Crippen molar-refractivity contribution >= 4 is 21.7 Å². The molecule has 5 rings (SSSR count). The first-order chi connectivity index (χ1) is 13.6. The summed E-state index contributed by atoms with van der Waals surface area (Å²) in [6.07, 6.45) is 4.66. The van der Waals surface area contributed by atoms with Gasteiger partial charge in [-0.2, -0.15) is 9.83 Å². The minimum Gasteiger partial charge on any atom is -0.618 e. The topological polar surface area (TPSA) is 64.8 Å². The maximum atomic E-state index is 14.0. The molecule has 3 heterocycles. The molecule has 0 spiro atoms. The Kier molecular flexibility index (Phi) is 3.98. The van der Waals surface area contributed by atoms with Crippen LogP contribution in [0, 0.1) is 16.8 Å². The molecular weight excluding hydrogens is 364 g/mol. The van der Waals surface area contributed by atoms with Gasteiger partial charge >= 0.3 is 0 Å². The van der Waals surface area contributed by atoms with Crippen LogP contribution in [0.15, 0.2) is 42.7 Å². The van der Waals surface area contributed by atoms with Crippen molar-refractivity contribution in [2.45, 2.75) is 18.8 Å². The number of benzene rings is 2. The van der Waals surface area contributed by atoms with E-state index in [0.717, 1.165) is 33.2 Å². The molecule has 1 aliphatic heterocycles. The fraction of sp³-hybridized carbons (Fsp3) is 0.238. The monoisotopic (exact) mass is 381 g/mol. The predicted molar refractivity (Wildman–Crippen MR) is 101 cm³/mol. The Balaban J connectivity index is 1.86. The highest BCUT2D eigenvalue weighted by Crippen LogP contribution is 2.38. The van der Waals surface area contributed by atoms with E-state index in [4.69, 9.17) is 4.74 Å². The first-order valence-corrected chi connectivity index (χ1v) is 9.18. The number of nitrogens with one attached hydrogen (secondary N) is 1. The van der Waals surface area contributed by atoms with Crippen molar-refractivity contribution in [3.05, 3.63) is 65.3 Å². The molecule has 0 radical (unpaired) electrons. The minimum atomic E-state index is -0.936. The standard InChI is InChI=1S/C21H17F2N3O2/c22-17-2-1-13(8-18(17)23)20-16-7-14-10-24-25-19(14)9-15(16)11-26(27)21(20)12-3-5-28-6-4-12/h1-2,7-12H,3-6H2,(H,24,25). The van der Waals surface area contributed by atoms with Crippen LogP contribution in [0.25, 0.3) is 32.8 Å². The summed E-state index contributed by atoms with van der Waals surface area (Å²) < 4.78 is 33.9. The van der Waals surface area contributed by atoms with Gasteiger partial charge in [-0.25, -0.2) is 8.78 Å². The highest BCUT2D eigenvalue weighted by atomic mass is 19.2. The molecule has 1 fully saturated rings. The van der Waals surface area contributed by atoms with Crippen LogP contribution in [0.3, 0.4) is 0 Å². The normalized spacial score (nSPS) is 15.5. The molecule has 28 heavy (non-hydrogen) atoms. The molecular formula is C21H17F2N3O2. The second kappa shape index (κ2) is 6.53. The van der Waals surface area contributed by atoms with Crippen molar-refractivity contribution in [1.29, 1.82) is 0 Å². The van der Waals surface area contributed by atoms with Crippen molar-refractivity contribution in [2.75, 3.05) is 13.2 Å².